The molecule has 1 aromatic heterocycles. The third kappa shape index (κ3) is 2.50. The summed E-state index contributed by atoms with van der Waals surface area (Å²) in [5.41, 5.74) is 5.59. The Balaban J connectivity index is 1.39. The maximum absolute atomic E-state index is 12.7. The van der Waals surface area contributed by atoms with E-state index in [1.807, 2.05) is 0 Å². The van der Waals surface area contributed by atoms with Gasteiger partial charge in [0, 0.05) is 36.5 Å². The van der Waals surface area contributed by atoms with Gasteiger partial charge in [0.25, 0.3) is 0 Å². The lowest BCUT2D eigenvalue weighted by Gasteiger charge is -2.63. The highest BCUT2D eigenvalue weighted by molar-refractivity contribution is 5.52. The first kappa shape index (κ1) is 19.6. The third-order valence-corrected chi connectivity index (χ3v) is 9.78. The zero-order valence-electron chi connectivity index (χ0n) is 19.4. The van der Waals surface area contributed by atoms with E-state index >= 15 is 0 Å². The number of aliphatic hydroxyl groups is 1. The first-order valence-electron chi connectivity index (χ1n) is 12.7. The molecule has 0 amide bonds. The predicted octanol–water partition coefficient (Wildman–Crippen LogP) is 3.73. The molecule has 32 heavy (non-hydrogen) atoms. The van der Waals surface area contributed by atoms with E-state index in [0.717, 1.165) is 50.4 Å². The molecular formula is C27H35N3O2. The smallest absolute Gasteiger partial charge is 0.119 e. The zero-order valence-corrected chi connectivity index (χ0v) is 19.4. The number of likely N-dealkylation sites (tertiary alicyclic amines) is 1. The van der Waals surface area contributed by atoms with Crippen LogP contribution in [0.5, 0.6) is 5.75 Å². The van der Waals surface area contributed by atoms with Crippen molar-refractivity contribution >= 4 is 0 Å². The molecule has 5 aliphatic rings. The van der Waals surface area contributed by atoms with Crippen LogP contribution in [0.2, 0.25) is 0 Å². The summed E-state index contributed by atoms with van der Waals surface area (Å²) in [6, 6.07) is 7.35. The summed E-state index contributed by atoms with van der Waals surface area (Å²) in [4.78, 5) is 2.65. The highest BCUT2D eigenvalue weighted by Gasteiger charge is 2.65. The molecule has 0 unspecified atom stereocenters. The second-order valence-corrected chi connectivity index (χ2v) is 11.3. The van der Waals surface area contributed by atoms with E-state index in [1.54, 1.807) is 7.11 Å². The van der Waals surface area contributed by atoms with Gasteiger partial charge in [-0.3, -0.25) is 9.58 Å². The van der Waals surface area contributed by atoms with Gasteiger partial charge in [0.1, 0.15) is 5.75 Å². The number of piperidine rings is 1. The van der Waals surface area contributed by atoms with E-state index in [-0.39, 0.29) is 11.5 Å². The zero-order chi connectivity index (χ0) is 21.7. The van der Waals surface area contributed by atoms with Crippen LogP contribution in [0.3, 0.4) is 0 Å². The Bertz CT molecular complexity index is 1080. The fourth-order valence-corrected chi connectivity index (χ4v) is 7.51. The first-order chi connectivity index (χ1) is 15.5. The molecule has 1 aromatic carbocycles. The molecule has 4 aliphatic carbocycles. The fourth-order valence-electron chi connectivity index (χ4n) is 7.51. The van der Waals surface area contributed by atoms with Gasteiger partial charge in [-0.1, -0.05) is 6.07 Å². The molecule has 2 heterocycles. The number of hydrogen-bond donors (Lipinski definition) is 1. The molecule has 1 N–H and O–H groups in total. The van der Waals surface area contributed by atoms with Crippen LogP contribution < -0.4 is 4.74 Å². The second-order valence-electron chi connectivity index (χ2n) is 11.3. The normalized spacial score (nSPS) is 33.8. The maximum atomic E-state index is 12.7. The van der Waals surface area contributed by atoms with Gasteiger partial charge in [-0.15, -0.1) is 0 Å². The Morgan fingerprint density at radius 1 is 1.19 bits per heavy atom. The van der Waals surface area contributed by atoms with Crippen molar-refractivity contribution in [3.05, 3.63) is 46.3 Å². The quantitative estimate of drug-likeness (QED) is 0.798. The summed E-state index contributed by atoms with van der Waals surface area (Å²) in [7, 11) is 1.75. The Hall–Kier alpha value is -1.85. The summed E-state index contributed by atoms with van der Waals surface area (Å²) in [5, 5.41) is 17.9. The van der Waals surface area contributed by atoms with E-state index in [1.165, 1.54) is 60.2 Å². The Morgan fingerprint density at radius 3 is 2.75 bits per heavy atom. The molecule has 0 radical (unpaired) electrons. The van der Waals surface area contributed by atoms with Crippen molar-refractivity contribution in [3.63, 3.8) is 0 Å². The van der Waals surface area contributed by atoms with E-state index < -0.39 is 5.60 Å². The molecule has 170 valence electrons. The van der Waals surface area contributed by atoms with E-state index in [2.05, 4.69) is 34.7 Å². The van der Waals surface area contributed by atoms with Gasteiger partial charge in [0.2, 0.25) is 0 Å². The number of aromatic nitrogens is 2. The number of ether oxygens (including phenoxy) is 1. The molecule has 3 atom stereocenters. The van der Waals surface area contributed by atoms with E-state index in [9.17, 15) is 5.11 Å². The van der Waals surface area contributed by atoms with Gasteiger partial charge in [0.05, 0.1) is 24.4 Å². The fraction of sp³-hybridized carbons (Fsp3) is 0.667. The number of benzene rings is 1. The van der Waals surface area contributed by atoms with Gasteiger partial charge in [0.15, 0.2) is 0 Å². The predicted molar refractivity (Wildman–Crippen MR) is 123 cm³/mol. The van der Waals surface area contributed by atoms with Crippen LogP contribution in [-0.4, -0.2) is 51.6 Å². The van der Waals surface area contributed by atoms with Crippen LogP contribution in [0.1, 0.15) is 72.6 Å². The van der Waals surface area contributed by atoms with E-state index in [4.69, 9.17) is 9.84 Å². The Kier molecular flexibility index (Phi) is 4.04. The summed E-state index contributed by atoms with van der Waals surface area (Å²) in [5.74, 6) is 1.74. The SMILES string of the molecule is COc1ccc2c(c1)[C@]13CCN(CC4CC4)[C@H](C2)[C@]1(O)Cc1c(nn(C2CCC2)c1C)C3. The van der Waals surface area contributed by atoms with Crippen LogP contribution in [0.4, 0.5) is 0 Å². The van der Waals surface area contributed by atoms with Gasteiger partial charge in [-0.05, 0) is 93.2 Å². The molecule has 2 bridgehead atoms. The second kappa shape index (κ2) is 6.60. The highest BCUT2D eigenvalue weighted by atomic mass is 16.5. The van der Waals surface area contributed by atoms with Crippen molar-refractivity contribution in [1.82, 2.24) is 14.7 Å². The first-order valence-corrected chi connectivity index (χ1v) is 12.7. The van der Waals surface area contributed by atoms with Crippen LogP contribution in [0, 0.1) is 12.8 Å². The van der Waals surface area contributed by atoms with Gasteiger partial charge in [-0.25, -0.2) is 0 Å². The van der Waals surface area contributed by atoms with Crippen LogP contribution >= 0.6 is 0 Å². The van der Waals surface area contributed by atoms with Crippen LogP contribution in [0.15, 0.2) is 18.2 Å². The van der Waals surface area contributed by atoms with Crippen molar-refractivity contribution < 1.29 is 9.84 Å². The van der Waals surface area contributed by atoms with Gasteiger partial charge in [-0.2, -0.15) is 5.10 Å². The average molecular weight is 434 g/mol. The van der Waals surface area contributed by atoms with Crippen molar-refractivity contribution in [2.24, 2.45) is 5.92 Å². The van der Waals surface area contributed by atoms with Crippen LogP contribution in [0.25, 0.3) is 0 Å². The summed E-state index contributed by atoms with van der Waals surface area (Å²) >= 11 is 0. The molecule has 2 aromatic rings. The van der Waals surface area contributed by atoms with Crippen molar-refractivity contribution in [2.45, 2.75) is 87.8 Å². The largest absolute Gasteiger partial charge is 0.497 e. The molecule has 2 saturated carbocycles. The highest BCUT2D eigenvalue weighted by Crippen LogP contribution is 2.58. The number of methoxy groups -OCH3 is 1. The minimum absolute atomic E-state index is 0.192. The lowest BCUT2D eigenvalue weighted by molar-refractivity contribution is -0.152. The Morgan fingerprint density at radius 2 is 2.03 bits per heavy atom. The Labute approximate surface area is 190 Å². The summed E-state index contributed by atoms with van der Waals surface area (Å²) in [6.45, 7) is 4.47. The number of fused-ring (bicyclic) bond motifs is 2. The molecule has 0 spiro atoms. The number of nitrogens with zero attached hydrogens (tertiary/aromatic N) is 3. The monoisotopic (exact) mass is 433 g/mol. The third-order valence-electron chi connectivity index (χ3n) is 9.78. The lowest BCUT2D eigenvalue weighted by Crippen LogP contribution is -2.74. The van der Waals surface area contributed by atoms with Gasteiger partial charge >= 0.3 is 0 Å². The van der Waals surface area contributed by atoms with Crippen molar-refractivity contribution in [2.75, 3.05) is 20.2 Å². The van der Waals surface area contributed by atoms with Gasteiger partial charge < -0.3 is 9.84 Å². The minimum atomic E-state index is -0.745. The van der Waals surface area contributed by atoms with Crippen LogP contribution in [-0.2, 0) is 24.7 Å². The lowest BCUT2D eigenvalue weighted by atomic mass is 9.49. The maximum Gasteiger partial charge on any atom is 0.119 e. The molecular weight excluding hydrogens is 398 g/mol. The standard InChI is InChI=1S/C27H35N3O2/c1-17-22-14-27(31)25-12-19-8-9-21(32-2)13-23(19)26(27,10-11-29(25)16-18-6-7-18)15-24(22)28-30(17)20-4-3-5-20/h8-9,13,18,20,25,31H,3-7,10-12,14-16H2,1-2H3/t25-,26-,27-/m1/s1. The number of rotatable bonds is 4. The molecule has 5 heteroatoms. The van der Waals surface area contributed by atoms with Crippen molar-refractivity contribution in [1.29, 1.82) is 0 Å². The van der Waals surface area contributed by atoms with E-state index in [0.29, 0.717) is 6.04 Å². The summed E-state index contributed by atoms with van der Waals surface area (Å²) in [6.07, 6.45) is 10.1. The molecule has 5 nitrogen and oxygen atoms in total. The summed E-state index contributed by atoms with van der Waals surface area (Å²) < 4.78 is 7.95. The topological polar surface area (TPSA) is 50.5 Å². The molecule has 7 rings (SSSR count). The van der Waals surface area contributed by atoms with Crippen molar-refractivity contribution in [3.8, 4) is 5.75 Å². The molecule has 3 fully saturated rings. The molecule has 1 aliphatic heterocycles. The molecule has 1 saturated heterocycles. The average Bonchev–Trinajstić information content (AvgIpc) is 3.52. The number of hydrogen-bond acceptors (Lipinski definition) is 4. The minimum Gasteiger partial charge on any atom is -0.497 e.